The van der Waals surface area contributed by atoms with Gasteiger partial charge in [-0.15, -0.1) is 0 Å². The molecule has 2 bridgehead atoms. The van der Waals surface area contributed by atoms with Crippen molar-refractivity contribution in [2.75, 3.05) is 4.90 Å². The van der Waals surface area contributed by atoms with Gasteiger partial charge in [-0.1, -0.05) is 66.7 Å². The largest absolute Gasteiger partial charge is 0.456 e. The molecule has 42 heavy (non-hydrogen) atoms. The highest BCUT2D eigenvalue weighted by Gasteiger charge is 2.41. The maximum Gasteiger partial charge on any atom is 0.137 e. The third kappa shape index (κ3) is 4.16. The van der Waals surface area contributed by atoms with E-state index in [0.717, 1.165) is 33.5 Å². The summed E-state index contributed by atoms with van der Waals surface area (Å²) in [5, 5.41) is 2.32. The van der Waals surface area contributed by atoms with Crippen molar-refractivity contribution in [3.8, 4) is 11.1 Å². The van der Waals surface area contributed by atoms with E-state index in [4.69, 9.17) is 4.42 Å². The third-order valence-corrected chi connectivity index (χ3v) is 10.3. The molecular formula is C40H37NO. The molecule has 0 atom stereocenters. The second-order valence-electron chi connectivity index (χ2n) is 12.7. The normalized spacial score (nSPS) is 19.9. The van der Waals surface area contributed by atoms with Crippen LogP contribution in [0.1, 0.15) is 55.2 Å². The average molecular weight is 548 g/mol. The maximum absolute atomic E-state index is 6.36. The van der Waals surface area contributed by atoms with Crippen molar-refractivity contribution >= 4 is 39.0 Å². The summed E-state index contributed by atoms with van der Waals surface area (Å²) in [5.41, 5.74) is 12.4. The van der Waals surface area contributed by atoms with E-state index in [1.54, 1.807) is 5.56 Å². The first kappa shape index (κ1) is 25.4. The standard InChI is InChI=1S/C40H37NO/c1-27-24-31(30-8-4-3-5-9-30)12-16-36(27)41(33-14-15-35-34-10-6-7-11-38(34)42-39(35)26-33)37-17-13-32(25-28(37)2)40-21-18-29(19-22-40)20-23-40/h3-17,24-26,29H,18-23H2,1-2H3. The first-order valence-corrected chi connectivity index (χ1v) is 15.6. The number of furan rings is 1. The van der Waals surface area contributed by atoms with Crippen LogP contribution in [-0.4, -0.2) is 0 Å². The Kier molecular flexibility index (Phi) is 6.00. The Morgan fingerprint density at radius 2 is 1.26 bits per heavy atom. The van der Waals surface area contributed by atoms with Crippen LogP contribution in [0.2, 0.25) is 0 Å². The number of para-hydroxylation sites is 1. The fourth-order valence-electron chi connectivity index (χ4n) is 7.90. The van der Waals surface area contributed by atoms with Crippen LogP contribution in [0.15, 0.2) is 114 Å². The minimum Gasteiger partial charge on any atom is -0.456 e. The van der Waals surface area contributed by atoms with Crippen molar-refractivity contribution < 1.29 is 4.42 Å². The molecule has 0 aliphatic heterocycles. The lowest BCUT2D eigenvalue weighted by atomic mass is 9.58. The quantitative estimate of drug-likeness (QED) is 0.213. The van der Waals surface area contributed by atoms with Gasteiger partial charge in [-0.05, 0) is 128 Å². The lowest BCUT2D eigenvalue weighted by molar-refractivity contribution is 0.136. The van der Waals surface area contributed by atoms with Gasteiger partial charge < -0.3 is 9.32 Å². The van der Waals surface area contributed by atoms with E-state index in [-0.39, 0.29) is 0 Å². The first-order chi connectivity index (χ1) is 20.6. The zero-order valence-electron chi connectivity index (χ0n) is 24.6. The molecule has 0 unspecified atom stereocenters. The van der Waals surface area contributed by atoms with E-state index in [2.05, 4.69) is 122 Å². The number of aryl methyl sites for hydroxylation is 2. The van der Waals surface area contributed by atoms with E-state index in [1.165, 1.54) is 72.2 Å². The summed E-state index contributed by atoms with van der Waals surface area (Å²) in [6.07, 6.45) is 8.25. The molecule has 0 saturated heterocycles. The highest BCUT2D eigenvalue weighted by atomic mass is 16.3. The van der Waals surface area contributed by atoms with Gasteiger partial charge >= 0.3 is 0 Å². The van der Waals surface area contributed by atoms with Crippen LogP contribution in [0.4, 0.5) is 17.1 Å². The van der Waals surface area contributed by atoms with Gasteiger partial charge in [0.05, 0.1) is 0 Å². The number of fused-ring (bicyclic) bond motifs is 6. The molecule has 5 aromatic carbocycles. The summed E-state index contributed by atoms with van der Waals surface area (Å²) < 4.78 is 6.36. The molecule has 0 spiro atoms. The van der Waals surface area contributed by atoms with Gasteiger partial charge in [0, 0.05) is 33.9 Å². The molecule has 2 nitrogen and oxygen atoms in total. The molecule has 9 rings (SSSR count). The molecule has 3 aliphatic rings. The Labute approximate surface area is 248 Å². The highest BCUT2D eigenvalue weighted by molar-refractivity contribution is 6.06. The fraction of sp³-hybridized carbons (Fsp3) is 0.250. The molecule has 208 valence electrons. The van der Waals surface area contributed by atoms with E-state index >= 15 is 0 Å². The number of rotatable bonds is 5. The van der Waals surface area contributed by atoms with Crippen LogP contribution in [0.3, 0.4) is 0 Å². The van der Waals surface area contributed by atoms with E-state index in [0.29, 0.717) is 5.41 Å². The van der Waals surface area contributed by atoms with Crippen molar-refractivity contribution in [3.63, 3.8) is 0 Å². The number of hydrogen-bond donors (Lipinski definition) is 0. The van der Waals surface area contributed by atoms with Crippen molar-refractivity contribution in [1.29, 1.82) is 0 Å². The summed E-state index contributed by atoms with van der Waals surface area (Å²) in [4.78, 5) is 2.44. The second kappa shape index (κ2) is 9.91. The lowest BCUT2D eigenvalue weighted by Gasteiger charge is -2.47. The third-order valence-electron chi connectivity index (χ3n) is 10.3. The first-order valence-electron chi connectivity index (χ1n) is 15.6. The topological polar surface area (TPSA) is 16.4 Å². The van der Waals surface area contributed by atoms with Gasteiger partial charge in [0.1, 0.15) is 11.2 Å². The van der Waals surface area contributed by atoms with Crippen molar-refractivity contribution in [2.45, 2.75) is 57.8 Å². The Morgan fingerprint density at radius 3 is 2.00 bits per heavy atom. The summed E-state index contributed by atoms with van der Waals surface area (Å²) in [6.45, 7) is 4.53. The van der Waals surface area contributed by atoms with Crippen LogP contribution < -0.4 is 4.90 Å². The predicted octanol–water partition coefficient (Wildman–Crippen LogP) is 11.6. The Bertz CT molecular complexity index is 1910. The van der Waals surface area contributed by atoms with E-state index in [9.17, 15) is 0 Å². The van der Waals surface area contributed by atoms with Gasteiger partial charge in [-0.3, -0.25) is 0 Å². The molecule has 0 radical (unpaired) electrons. The Hall–Kier alpha value is -4.30. The molecule has 1 heterocycles. The minimum absolute atomic E-state index is 0.378. The van der Waals surface area contributed by atoms with E-state index < -0.39 is 0 Å². The van der Waals surface area contributed by atoms with Gasteiger partial charge in [0.2, 0.25) is 0 Å². The number of nitrogens with zero attached hydrogens (tertiary/aromatic N) is 1. The number of anilines is 3. The summed E-state index contributed by atoms with van der Waals surface area (Å²) in [7, 11) is 0. The lowest BCUT2D eigenvalue weighted by Crippen LogP contribution is -2.37. The summed E-state index contributed by atoms with van der Waals surface area (Å²) in [6, 6.07) is 39.9. The molecule has 2 heteroatoms. The van der Waals surface area contributed by atoms with Crippen LogP contribution in [0.5, 0.6) is 0 Å². The van der Waals surface area contributed by atoms with Crippen molar-refractivity contribution in [1.82, 2.24) is 0 Å². The van der Waals surface area contributed by atoms with Gasteiger partial charge in [-0.2, -0.15) is 0 Å². The van der Waals surface area contributed by atoms with Crippen molar-refractivity contribution in [2.24, 2.45) is 5.92 Å². The average Bonchev–Trinajstić information content (AvgIpc) is 3.42. The monoisotopic (exact) mass is 547 g/mol. The summed E-state index contributed by atoms with van der Waals surface area (Å²) in [5.74, 6) is 0.970. The predicted molar refractivity (Wildman–Crippen MR) is 176 cm³/mol. The summed E-state index contributed by atoms with van der Waals surface area (Å²) >= 11 is 0. The maximum atomic E-state index is 6.36. The highest BCUT2D eigenvalue weighted by Crippen LogP contribution is 2.52. The molecule has 0 N–H and O–H groups in total. The molecule has 3 aliphatic carbocycles. The SMILES string of the molecule is Cc1cc(-c2ccccc2)ccc1N(c1ccc2c(c1)oc1ccccc12)c1ccc(C23CCC(CC2)CC3)cc1C. The molecule has 6 aromatic rings. The molecule has 3 saturated carbocycles. The minimum atomic E-state index is 0.378. The zero-order valence-corrected chi connectivity index (χ0v) is 24.6. The fourth-order valence-corrected chi connectivity index (χ4v) is 7.90. The Balaban J connectivity index is 1.27. The second-order valence-corrected chi connectivity index (χ2v) is 12.7. The zero-order chi connectivity index (χ0) is 28.3. The van der Waals surface area contributed by atoms with E-state index in [1.807, 2.05) is 6.07 Å². The molecule has 1 aromatic heterocycles. The van der Waals surface area contributed by atoms with Gasteiger partial charge in [0.15, 0.2) is 0 Å². The van der Waals surface area contributed by atoms with Crippen molar-refractivity contribution in [3.05, 3.63) is 126 Å². The number of benzene rings is 5. The van der Waals surface area contributed by atoms with Gasteiger partial charge in [0.25, 0.3) is 0 Å². The smallest absolute Gasteiger partial charge is 0.137 e. The van der Waals surface area contributed by atoms with Crippen LogP contribution in [0.25, 0.3) is 33.1 Å². The van der Waals surface area contributed by atoms with Crippen LogP contribution in [0, 0.1) is 19.8 Å². The van der Waals surface area contributed by atoms with Crippen LogP contribution >= 0.6 is 0 Å². The molecule has 0 amide bonds. The Morgan fingerprint density at radius 1 is 0.595 bits per heavy atom. The number of hydrogen-bond acceptors (Lipinski definition) is 2. The molecular weight excluding hydrogens is 510 g/mol. The van der Waals surface area contributed by atoms with Crippen LogP contribution in [-0.2, 0) is 5.41 Å². The molecule has 3 fully saturated rings. The van der Waals surface area contributed by atoms with Gasteiger partial charge in [-0.25, -0.2) is 0 Å².